The zero-order valence-corrected chi connectivity index (χ0v) is 14.4. The lowest BCUT2D eigenvalue weighted by molar-refractivity contribution is 0.0599. The van der Waals surface area contributed by atoms with Crippen LogP contribution in [0.25, 0.3) is 0 Å². The molecule has 1 amide bonds. The Balaban J connectivity index is 2.16. The Morgan fingerprint density at radius 1 is 1.33 bits per heavy atom. The zero-order chi connectivity index (χ0) is 17.7. The summed E-state index contributed by atoms with van der Waals surface area (Å²) in [5.74, 6) is -0.357. The summed E-state index contributed by atoms with van der Waals surface area (Å²) in [6.45, 7) is 4.57. The number of nitrogens with zero attached hydrogens (tertiary/aromatic N) is 2. The molecule has 24 heavy (non-hydrogen) atoms. The van der Waals surface area contributed by atoms with Crippen molar-refractivity contribution in [2.75, 3.05) is 13.1 Å². The van der Waals surface area contributed by atoms with E-state index in [9.17, 15) is 14.3 Å². The maximum Gasteiger partial charge on any atom is 0.264 e. The van der Waals surface area contributed by atoms with E-state index in [4.69, 9.17) is 5.26 Å². The van der Waals surface area contributed by atoms with Gasteiger partial charge in [-0.1, -0.05) is 26.0 Å². The van der Waals surface area contributed by atoms with E-state index < -0.39 is 6.10 Å². The highest BCUT2D eigenvalue weighted by Crippen LogP contribution is 2.20. The maximum absolute atomic E-state index is 13.0. The molecule has 0 aliphatic carbocycles. The second-order valence-corrected chi connectivity index (χ2v) is 6.89. The molecule has 1 atom stereocenters. The highest BCUT2D eigenvalue weighted by molar-refractivity contribution is 7.12. The summed E-state index contributed by atoms with van der Waals surface area (Å²) in [5, 5.41) is 20.9. The van der Waals surface area contributed by atoms with Crippen molar-refractivity contribution < 1.29 is 14.3 Å². The first-order valence-electron chi connectivity index (χ1n) is 7.62. The third-order valence-corrected chi connectivity index (χ3v) is 4.38. The van der Waals surface area contributed by atoms with Crippen LogP contribution in [0.4, 0.5) is 4.39 Å². The first-order valence-corrected chi connectivity index (χ1v) is 8.50. The number of carbonyl (C=O) groups is 1. The van der Waals surface area contributed by atoms with Crippen LogP contribution in [0.2, 0.25) is 0 Å². The van der Waals surface area contributed by atoms with Gasteiger partial charge in [-0.2, -0.15) is 5.26 Å². The summed E-state index contributed by atoms with van der Waals surface area (Å²) in [5.41, 5.74) is 1.01. The minimum atomic E-state index is -0.899. The van der Waals surface area contributed by atoms with E-state index in [0.717, 1.165) is 0 Å². The van der Waals surface area contributed by atoms with Crippen molar-refractivity contribution in [1.82, 2.24) is 4.90 Å². The monoisotopic (exact) mass is 346 g/mol. The van der Waals surface area contributed by atoms with E-state index in [-0.39, 0.29) is 24.2 Å². The Kier molecular flexibility index (Phi) is 6.07. The lowest BCUT2D eigenvalue weighted by Gasteiger charge is -2.26. The highest BCUT2D eigenvalue weighted by Gasteiger charge is 2.22. The fourth-order valence-corrected chi connectivity index (χ4v) is 3.14. The number of rotatable bonds is 6. The topological polar surface area (TPSA) is 64.3 Å². The minimum Gasteiger partial charge on any atom is -0.387 e. The molecule has 1 aromatic heterocycles. The highest BCUT2D eigenvalue weighted by atomic mass is 32.1. The molecule has 0 saturated heterocycles. The number of hydrogen-bond donors (Lipinski definition) is 1. The van der Waals surface area contributed by atoms with Crippen LogP contribution in [-0.2, 0) is 0 Å². The molecule has 0 unspecified atom stereocenters. The van der Waals surface area contributed by atoms with Crippen LogP contribution in [0.5, 0.6) is 0 Å². The molecule has 0 saturated carbocycles. The van der Waals surface area contributed by atoms with E-state index >= 15 is 0 Å². The van der Waals surface area contributed by atoms with Crippen LogP contribution in [0, 0.1) is 23.1 Å². The van der Waals surface area contributed by atoms with Gasteiger partial charge in [0.25, 0.3) is 5.91 Å². The predicted molar refractivity (Wildman–Crippen MR) is 91.1 cm³/mol. The van der Waals surface area contributed by atoms with Gasteiger partial charge in [0.2, 0.25) is 0 Å². The molecule has 126 valence electrons. The molecule has 0 aliphatic rings. The normalized spacial score (nSPS) is 12.0. The first-order chi connectivity index (χ1) is 11.4. The Morgan fingerprint density at radius 3 is 2.54 bits per heavy atom. The molecule has 2 aromatic rings. The molecular formula is C18H19FN2O2S. The average Bonchev–Trinajstić information content (AvgIpc) is 3.02. The number of thiophene rings is 1. The Bertz CT molecular complexity index is 734. The van der Waals surface area contributed by atoms with E-state index in [2.05, 4.69) is 0 Å². The predicted octanol–water partition coefficient (Wildman–Crippen LogP) is 3.59. The second-order valence-electron chi connectivity index (χ2n) is 5.98. The van der Waals surface area contributed by atoms with Crippen LogP contribution in [0.1, 0.15) is 40.8 Å². The van der Waals surface area contributed by atoms with Gasteiger partial charge in [-0.15, -0.1) is 11.3 Å². The smallest absolute Gasteiger partial charge is 0.264 e. The van der Waals surface area contributed by atoms with Gasteiger partial charge in [0.1, 0.15) is 11.9 Å². The van der Waals surface area contributed by atoms with Crippen LogP contribution in [0.15, 0.2) is 35.7 Å². The minimum absolute atomic E-state index is 0.114. The van der Waals surface area contributed by atoms with Gasteiger partial charge in [-0.3, -0.25) is 4.79 Å². The summed E-state index contributed by atoms with van der Waals surface area (Å²) in [6.07, 6.45) is -0.899. The average molecular weight is 346 g/mol. The van der Waals surface area contributed by atoms with Crippen LogP contribution in [-0.4, -0.2) is 29.0 Å². The lowest BCUT2D eigenvalue weighted by Crippen LogP contribution is -2.37. The van der Waals surface area contributed by atoms with E-state index in [1.807, 2.05) is 19.9 Å². The van der Waals surface area contributed by atoms with Crippen LogP contribution < -0.4 is 0 Å². The van der Waals surface area contributed by atoms with Crippen LogP contribution >= 0.6 is 11.3 Å². The fraction of sp³-hybridized carbons (Fsp3) is 0.333. The van der Waals surface area contributed by atoms with Gasteiger partial charge in [-0.05, 0) is 29.7 Å². The summed E-state index contributed by atoms with van der Waals surface area (Å²) >= 11 is 1.22. The van der Waals surface area contributed by atoms with E-state index in [1.165, 1.54) is 35.6 Å². The first kappa shape index (κ1) is 18.1. The lowest BCUT2D eigenvalue weighted by atomic mass is 10.1. The Morgan fingerprint density at radius 2 is 2.00 bits per heavy atom. The van der Waals surface area contributed by atoms with Gasteiger partial charge in [0, 0.05) is 11.9 Å². The Hall–Kier alpha value is -2.23. The van der Waals surface area contributed by atoms with Crippen LogP contribution in [0.3, 0.4) is 0 Å². The fourth-order valence-electron chi connectivity index (χ4n) is 2.34. The molecule has 1 heterocycles. The van der Waals surface area contributed by atoms with Gasteiger partial charge in [-0.25, -0.2) is 4.39 Å². The SMILES string of the molecule is CC(C)CN(C[C@@H](O)c1ccc(F)cc1)C(=O)c1cc(C#N)cs1. The number of aliphatic hydroxyl groups excluding tert-OH is 1. The third-order valence-electron chi connectivity index (χ3n) is 3.46. The zero-order valence-electron chi connectivity index (χ0n) is 13.6. The summed E-state index contributed by atoms with van der Waals surface area (Å²) in [6, 6.07) is 9.16. The number of hydrogen-bond acceptors (Lipinski definition) is 4. The maximum atomic E-state index is 13.0. The number of nitriles is 1. The van der Waals surface area contributed by atoms with Gasteiger partial charge in [0.15, 0.2) is 0 Å². The standard InChI is InChI=1S/C18H19FN2O2S/c1-12(2)9-21(18(23)17-7-13(8-20)11-24-17)10-16(22)14-3-5-15(19)6-4-14/h3-7,11-12,16,22H,9-10H2,1-2H3/t16-/m1/s1. The second kappa shape index (κ2) is 8.04. The Labute approximate surface area is 144 Å². The molecule has 0 spiro atoms. The van der Waals surface area contributed by atoms with Gasteiger partial charge >= 0.3 is 0 Å². The van der Waals surface area contributed by atoms with E-state index in [1.54, 1.807) is 16.3 Å². The summed E-state index contributed by atoms with van der Waals surface area (Å²) in [4.78, 5) is 14.7. The molecule has 0 radical (unpaired) electrons. The number of carbonyl (C=O) groups excluding carboxylic acids is 1. The number of aliphatic hydroxyl groups is 1. The molecule has 2 rings (SSSR count). The molecule has 6 heteroatoms. The van der Waals surface area contributed by atoms with Crippen molar-refractivity contribution in [2.24, 2.45) is 5.92 Å². The van der Waals surface area contributed by atoms with Gasteiger partial charge in [0.05, 0.1) is 23.1 Å². The quantitative estimate of drug-likeness (QED) is 0.869. The summed E-state index contributed by atoms with van der Waals surface area (Å²) in [7, 11) is 0. The van der Waals surface area contributed by atoms with Crippen molar-refractivity contribution in [3.63, 3.8) is 0 Å². The molecule has 1 N–H and O–H groups in total. The van der Waals surface area contributed by atoms with Crippen molar-refractivity contribution >= 4 is 17.2 Å². The molecule has 4 nitrogen and oxygen atoms in total. The number of benzene rings is 1. The van der Waals surface area contributed by atoms with E-state index in [0.29, 0.717) is 22.5 Å². The molecule has 0 aliphatic heterocycles. The van der Waals surface area contributed by atoms with Crippen molar-refractivity contribution in [1.29, 1.82) is 5.26 Å². The van der Waals surface area contributed by atoms with Gasteiger partial charge < -0.3 is 10.0 Å². The molecule has 0 fully saturated rings. The third kappa shape index (κ3) is 4.63. The molecular weight excluding hydrogens is 327 g/mol. The van der Waals surface area contributed by atoms with Crippen molar-refractivity contribution in [3.05, 3.63) is 57.5 Å². The number of halogens is 1. The van der Waals surface area contributed by atoms with Crippen molar-refractivity contribution in [2.45, 2.75) is 20.0 Å². The molecule has 1 aromatic carbocycles. The largest absolute Gasteiger partial charge is 0.387 e. The molecule has 0 bridgehead atoms. The summed E-state index contributed by atoms with van der Waals surface area (Å²) < 4.78 is 13.0. The number of amides is 1. The van der Waals surface area contributed by atoms with Crippen molar-refractivity contribution in [3.8, 4) is 6.07 Å².